The number of hydrogen-bond acceptors (Lipinski definition) is 4. The molecule has 2 rings (SSSR count). The second-order valence-electron chi connectivity index (χ2n) is 6.38. The van der Waals surface area contributed by atoms with Gasteiger partial charge in [-0.25, -0.2) is 0 Å². The van der Waals surface area contributed by atoms with E-state index in [1.54, 1.807) is 20.0 Å². The molecule has 1 fully saturated rings. The first-order valence-corrected chi connectivity index (χ1v) is 7.79. The lowest BCUT2D eigenvalue weighted by Gasteiger charge is -2.26. The molecule has 0 bridgehead atoms. The maximum Gasteiger partial charge on any atom is 0.278 e. The fourth-order valence-electron chi connectivity index (χ4n) is 3.15. The quantitative estimate of drug-likeness (QED) is 0.665. The van der Waals surface area contributed by atoms with E-state index in [2.05, 4.69) is 17.2 Å². The van der Waals surface area contributed by atoms with E-state index >= 15 is 0 Å². The first-order chi connectivity index (χ1) is 9.99. The number of nitro groups is 1. The lowest BCUT2D eigenvalue weighted by atomic mass is 9.83. The van der Waals surface area contributed by atoms with E-state index in [1.807, 2.05) is 0 Å². The minimum Gasteiger partial charge on any atom is -0.311 e. The number of pyridine rings is 1. The molecule has 0 radical (unpaired) electrons. The summed E-state index contributed by atoms with van der Waals surface area (Å²) in [7, 11) is 0. The van der Waals surface area contributed by atoms with Crippen LogP contribution in [0.2, 0.25) is 0 Å². The zero-order valence-electron chi connectivity index (χ0n) is 13.2. The molecule has 1 N–H and O–H groups in total. The molecule has 0 saturated heterocycles. The van der Waals surface area contributed by atoms with Crippen molar-refractivity contribution in [1.29, 1.82) is 0 Å². The van der Waals surface area contributed by atoms with Crippen LogP contribution in [-0.4, -0.2) is 16.5 Å². The molecule has 1 aromatic heterocycles. The van der Waals surface area contributed by atoms with Gasteiger partial charge < -0.3 is 5.32 Å². The van der Waals surface area contributed by atoms with Crippen LogP contribution in [0.15, 0.2) is 6.20 Å². The Morgan fingerprint density at radius 2 is 2.00 bits per heavy atom. The van der Waals surface area contributed by atoms with Gasteiger partial charge in [0.1, 0.15) is 0 Å². The van der Waals surface area contributed by atoms with E-state index in [-0.39, 0.29) is 10.6 Å². The van der Waals surface area contributed by atoms with Gasteiger partial charge in [0.15, 0.2) is 0 Å². The van der Waals surface area contributed by atoms with Crippen molar-refractivity contribution in [2.45, 2.75) is 53.0 Å². The molecule has 0 amide bonds. The van der Waals surface area contributed by atoms with Gasteiger partial charge >= 0.3 is 0 Å². The Morgan fingerprint density at radius 1 is 1.33 bits per heavy atom. The molecule has 0 aliphatic heterocycles. The van der Waals surface area contributed by atoms with Crippen LogP contribution >= 0.6 is 0 Å². The summed E-state index contributed by atoms with van der Waals surface area (Å²) >= 11 is 0. The molecule has 1 aliphatic rings. The van der Waals surface area contributed by atoms with Crippen molar-refractivity contribution >= 4 is 5.69 Å². The third-order valence-electron chi connectivity index (χ3n) is 4.62. The summed E-state index contributed by atoms with van der Waals surface area (Å²) in [6.07, 6.45) is 6.81. The minimum absolute atomic E-state index is 0.202. The summed E-state index contributed by atoms with van der Waals surface area (Å²) < 4.78 is 0. The smallest absolute Gasteiger partial charge is 0.278 e. The van der Waals surface area contributed by atoms with E-state index in [0.29, 0.717) is 17.7 Å². The number of rotatable bonds is 5. The molecule has 0 aromatic carbocycles. The first kappa shape index (κ1) is 15.9. The molecule has 1 aliphatic carbocycles. The Bertz CT molecular complexity index is 508. The van der Waals surface area contributed by atoms with Crippen molar-refractivity contribution in [3.8, 4) is 0 Å². The summed E-state index contributed by atoms with van der Waals surface area (Å²) in [5.74, 6) is 1.60. The Hall–Kier alpha value is -1.49. The van der Waals surface area contributed by atoms with Crippen LogP contribution in [0.4, 0.5) is 5.69 Å². The van der Waals surface area contributed by atoms with Crippen LogP contribution in [0.5, 0.6) is 0 Å². The van der Waals surface area contributed by atoms with Crippen LogP contribution in [0.3, 0.4) is 0 Å². The predicted molar refractivity (Wildman–Crippen MR) is 83.2 cm³/mol. The highest BCUT2D eigenvalue weighted by molar-refractivity contribution is 5.47. The first-order valence-electron chi connectivity index (χ1n) is 7.79. The summed E-state index contributed by atoms with van der Waals surface area (Å²) in [5, 5.41) is 14.5. The molecular weight excluding hydrogens is 266 g/mol. The van der Waals surface area contributed by atoms with E-state index in [0.717, 1.165) is 24.1 Å². The lowest BCUT2D eigenvalue weighted by molar-refractivity contribution is -0.386. The van der Waals surface area contributed by atoms with Gasteiger partial charge in [0.2, 0.25) is 0 Å². The van der Waals surface area contributed by atoms with Gasteiger partial charge in [0.05, 0.1) is 10.6 Å². The van der Waals surface area contributed by atoms with Gasteiger partial charge in [-0.3, -0.25) is 15.1 Å². The molecule has 116 valence electrons. The summed E-state index contributed by atoms with van der Waals surface area (Å²) in [4.78, 5) is 15.1. The summed E-state index contributed by atoms with van der Waals surface area (Å²) in [6, 6.07) is 0. The van der Waals surface area contributed by atoms with Gasteiger partial charge in [-0.2, -0.15) is 0 Å². The van der Waals surface area contributed by atoms with Crippen LogP contribution in [0, 0.1) is 35.8 Å². The molecule has 0 spiro atoms. The van der Waals surface area contributed by atoms with Gasteiger partial charge in [0.25, 0.3) is 5.69 Å². The lowest BCUT2D eigenvalue weighted by Crippen LogP contribution is -2.26. The van der Waals surface area contributed by atoms with Gasteiger partial charge in [-0.1, -0.05) is 19.8 Å². The molecule has 0 atom stereocenters. The number of nitrogens with one attached hydrogen (secondary N) is 1. The zero-order chi connectivity index (χ0) is 15.4. The molecular formula is C16H25N3O2. The van der Waals surface area contributed by atoms with Crippen LogP contribution in [0.25, 0.3) is 0 Å². The van der Waals surface area contributed by atoms with E-state index in [9.17, 15) is 10.1 Å². The Balaban J connectivity index is 1.92. The molecule has 1 heterocycles. The maximum absolute atomic E-state index is 11.1. The van der Waals surface area contributed by atoms with E-state index < -0.39 is 0 Å². The van der Waals surface area contributed by atoms with Crippen molar-refractivity contribution in [1.82, 2.24) is 10.3 Å². The Labute approximate surface area is 126 Å². The monoisotopic (exact) mass is 291 g/mol. The van der Waals surface area contributed by atoms with E-state index in [1.165, 1.54) is 25.7 Å². The van der Waals surface area contributed by atoms with Crippen LogP contribution in [-0.2, 0) is 6.54 Å². The molecule has 5 heteroatoms. The van der Waals surface area contributed by atoms with Crippen molar-refractivity contribution < 1.29 is 4.92 Å². The summed E-state index contributed by atoms with van der Waals surface area (Å²) in [5.41, 5.74) is 2.30. The Morgan fingerprint density at radius 3 is 2.62 bits per heavy atom. The van der Waals surface area contributed by atoms with Crippen molar-refractivity contribution in [3.63, 3.8) is 0 Å². The van der Waals surface area contributed by atoms with Crippen molar-refractivity contribution in [3.05, 3.63) is 33.1 Å². The standard InChI is InChI=1S/C16H25N3O2/c1-11-4-6-14(7-5-11)9-17-10-15-13(3)16(19(20)21)12(2)8-18-15/h8,11,14,17H,4-7,9-10H2,1-3H3. The second-order valence-corrected chi connectivity index (χ2v) is 6.38. The molecule has 1 aromatic rings. The number of aromatic nitrogens is 1. The third-order valence-corrected chi connectivity index (χ3v) is 4.62. The molecule has 1 saturated carbocycles. The fraction of sp³-hybridized carbons (Fsp3) is 0.688. The summed E-state index contributed by atoms with van der Waals surface area (Å²) in [6.45, 7) is 7.44. The average molecular weight is 291 g/mol. The maximum atomic E-state index is 11.1. The fourth-order valence-corrected chi connectivity index (χ4v) is 3.15. The SMILES string of the molecule is Cc1cnc(CNCC2CCC(C)CC2)c(C)c1[N+](=O)[O-]. The average Bonchev–Trinajstić information content (AvgIpc) is 2.43. The largest absolute Gasteiger partial charge is 0.311 e. The molecule has 21 heavy (non-hydrogen) atoms. The van der Waals surface area contributed by atoms with Crippen LogP contribution < -0.4 is 5.32 Å². The van der Waals surface area contributed by atoms with E-state index in [4.69, 9.17) is 0 Å². The second kappa shape index (κ2) is 6.98. The molecule has 0 unspecified atom stereocenters. The van der Waals surface area contributed by atoms with Gasteiger partial charge in [-0.05, 0) is 45.1 Å². The minimum atomic E-state index is -0.307. The normalized spacial score (nSPS) is 22.2. The highest BCUT2D eigenvalue weighted by atomic mass is 16.6. The molecule has 5 nitrogen and oxygen atoms in total. The topological polar surface area (TPSA) is 68.1 Å². The third kappa shape index (κ3) is 4.00. The van der Waals surface area contributed by atoms with Crippen molar-refractivity contribution in [2.75, 3.05) is 6.54 Å². The predicted octanol–water partition coefficient (Wildman–Crippen LogP) is 3.52. The Kier molecular flexibility index (Phi) is 5.28. The number of nitrogens with zero attached hydrogens (tertiary/aromatic N) is 2. The van der Waals surface area contributed by atoms with Crippen LogP contribution in [0.1, 0.15) is 49.4 Å². The van der Waals surface area contributed by atoms with Gasteiger partial charge in [-0.15, -0.1) is 0 Å². The number of hydrogen-bond donors (Lipinski definition) is 1. The van der Waals surface area contributed by atoms with Crippen molar-refractivity contribution in [2.24, 2.45) is 11.8 Å². The zero-order valence-corrected chi connectivity index (χ0v) is 13.2. The number of aryl methyl sites for hydroxylation is 1. The highest BCUT2D eigenvalue weighted by Gasteiger charge is 2.20. The van der Waals surface area contributed by atoms with Gasteiger partial charge in [0, 0.05) is 23.9 Å². The highest BCUT2D eigenvalue weighted by Crippen LogP contribution is 2.28.